The van der Waals surface area contributed by atoms with Crippen LogP contribution in [0.25, 0.3) is 0 Å². The lowest BCUT2D eigenvalue weighted by atomic mass is 10.4. The third-order valence-electron chi connectivity index (χ3n) is 1.37. The topological polar surface area (TPSA) is 69.1 Å². The average molecular weight is 154 g/mol. The van der Waals surface area contributed by atoms with Gasteiger partial charge in [-0.1, -0.05) is 6.92 Å². The first-order valence-corrected chi connectivity index (χ1v) is 3.41. The van der Waals surface area contributed by atoms with E-state index in [1.807, 2.05) is 6.92 Å². The Labute approximate surface area is 64.4 Å². The van der Waals surface area contributed by atoms with Gasteiger partial charge in [0.2, 0.25) is 5.76 Å². The molecular weight excluding hydrogens is 144 g/mol. The minimum absolute atomic E-state index is 0.168. The number of aromatic nitrogens is 1. The molecule has 0 atom stereocenters. The Bertz CT molecular complexity index is 278. The third kappa shape index (κ3) is 1.39. The molecule has 0 saturated carbocycles. The van der Waals surface area contributed by atoms with Gasteiger partial charge in [0.05, 0.1) is 5.69 Å². The van der Waals surface area contributed by atoms with Gasteiger partial charge in [-0.05, 0) is 6.92 Å². The molecular formula is C7H10N2O2. The van der Waals surface area contributed by atoms with Crippen molar-refractivity contribution in [3.63, 3.8) is 0 Å². The molecule has 0 aliphatic rings. The van der Waals surface area contributed by atoms with Gasteiger partial charge in [0.25, 0.3) is 5.91 Å². The molecule has 0 aliphatic carbocycles. The second-order valence-corrected chi connectivity index (χ2v) is 2.24. The van der Waals surface area contributed by atoms with Crippen LogP contribution in [0, 0.1) is 6.92 Å². The molecule has 60 valence electrons. The average Bonchev–Trinajstić information content (AvgIpc) is 2.30. The van der Waals surface area contributed by atoms with Gasteiger partial charge >= 0.3 is 0 Å². The largest absolute Gasteiger partial charge is 0.435 e. The van der Waals surface area contributed by atoms with Gasteiger partial charge in [-0.15, -0.1) is 0 Å². The maximum atomic E-state index is 10.6. The SMILES string of the molecule is CCc1nc(C)c(C(N)=O)o1. The van der Waals surface area contributed by atoms with Crippen LogP contribution in [-0.4, -0.2) is 10.9 Å². The Morgan fingerprint density at radius 2 is 2.36 bits per heavy atom. The van der Waals surface area contributed by atoms with Gasteiger partial charge in [-0.25, -0.2) is 4.98 Å². The lowest BCUT2D eigenvalue weighted by molar-refractivity contribution is 0.0971. The van der Waals surface area contributed by atoms with E-state index < -0.39 is 5.91 Å². The molecule has 0 fully saturated rings. The summed E-state index contributed by atoms with van der Waals surface area (Å²) in [7, 11) is 0. The number of aryl methyl sites for hydroxylation is 2. The molecule has 11 heavy (non-hydrogen) atoms. The van der Waals surface area contributed by atoms with E-state index in [2.05, 4.69) is 4.98 Å². The molecule has 0 aliphatic heterocycles. The molecule has 0 bridgehead atoms. The van der Waals surface area contributed by atoms with Crippen molar-refractivity contribution in [1.82, 2.24) is 4.98 Å². The molecule has 1 aromatic rings. The number of oxazole rings is 1. The van der Waals surface area contributed by atoms with Crippen molar-refractivity contribution in [2.24, 2.45) is 5.73 Å². The van der Waals surface area contributed by atoms with Gasteiger partial charge < -0.3 is 10.2 Å². The fraction of sp³-hybridized carbons (Fsp3) is 0.429. The summed E-state index contributed by atoms with van der Waals surface area (Å²) >= 11 is 0. The second kappa shape index (κ2) is 2.74. The highest BCUT2D eigenvalue weighted by molar-refractivity contribution is 5.90. The summed E-state index contributed by atoms with van der Waals surface area (Å²) in [6.45, 7) is 3.60. The Hall–Kier alpha value is -1.32. The van der Waals surface area contributed by atoms with Gasteiger partial charge in [-0.2, -0.15) is 0 Å². The van der Waals surface area contributed by atoms with E-state index in [4.69, 9.17) is 10.2 Å². The summed E-state index contributed by atoms with van der Waals surface area (Å²) in [6, 6.07) is 0. The molecule has 0 unspecified atom stereocenters. The van der Waals surface area contributed by atoms with Crippen molar-refractivity contribution in [2.75, 3.05) is 0 Å². The lowest BCUT2D eigenvalue weighted by Gasteiger charge is -1.86. The molecule has 1 aromatic heterocycles. The predicted octanol–water partition coefficient (Wildman–Crippen LogP) is 0.644. The van der Waals surface area contributed by atoms with Crippen LogP contribution in [0.2, 0.25) is 0 Å². The normalized spacial score (nSPS) is 10.0. The summed E-state index contributed by atoms with van der Waals surface area (Å²) < 4.78 is 5.04. The van der Waals surface area contributed by atoms with Crippen molar-refractivity contribution >= 4 is 5.91 Å². The van der Waals surface area contributed by atoms with E-state index in [1.54, 1.807) is 6.92 Å². The standard InChI is InChI=1S/C7H10N2O2/c1-3-5-9-4(2)6(11-5)7(8)10/h3H2,1-2H3,(H2,8,10). The summed E-state index contributed by atoms with van der Waals surface area (Å²) in [5.74, 6) is 0.160. The zero-order chi connectivity index (χ0) is 8.43. The number of nitrogens with two attached hydrogens (primary N) is 1. The van der Waals surface area contributed by atoms with Crippen molar-refractivity contribution in [3.8, 4) is 0 Å². The first-order valence-electron chi connectivity index (χ1n) is 3.41. The Kier molecular flexibility index (Phi) is 1.94. The van der Waals surface area contributed by atoms with E-state index in [1.165, 1.54) is 0 Å². The zero-order valence-electron chi connectivity index (χ0n) is 6.55. The molecule has 4 heteroatoms. The van der Waals surface area contributed by atoms with Crippen LogP contribution in [0.3, 0.4) is 0 Å². The molecule has 4 nitrogen and oxygen atoms in total. The molecule has 1 heterocycles. The number of primary amides is 1. The van der Waals surface area contributed by atoms with Gasteiger partial charge in [0.15, 0.2) is 5.89 Å². The van der Waals surface area contributed by atoms with Crippen LogP contribution in [0.1, 0.15) is 29.1 Å². The number of carbonyl (C=O) groups is 1. The third-order valence-corrected chi connectivity index (χ3v) is 1.37. The zero-order valence-corrected chi connectivity index (χ0v) is 6.55. The Morgan fingerprint density at radius 1 is 1.73 bits per heavy atom. The van der Waals surface area contributed by atoms with Crippen LogP contribution in [0.5, 0.6) is 0 Å². The fourth-order valence-electron chi connectivity index (χ4n) is 0.832. The predicted molar refractivity (Wildman–Crippen MR) is 39.1 cm³/mol. The molecule has 1 rings (SSSR count). The van der Waals surface area contributed by atoms with Crippen molar-refractivity contribution in [1.29, 1.82) is 0 Å². The van der Waals surface area contributed by atoms with Crippen molar-refractivity contribution < 1.29 is 9.21 Å². The Morgan fingerprint density at radius 3 is 2.64 bits per heavy atom. The van der Waals surface area contributed by atoms with E-state index >= 15 is 0 Å². The van der Waals surface area contributed by atoms with Crippen LogP contribution in [-0.2, 0) is 6.42 Å². The quantitative estimate of drug-likeness (QED) is 0.679. The summed E-state index contributed by atoms with van der Waals surface area (Å²) in [6.07, 6.45) is 0.675. The van der Waals surface area contributed by atoms with Gasteiger partial charge in [-0.3, -0.25) is 4.79 Å². The highest BCUT2D eigenvalue weighted by Gasteiger charge is 2.12. The summed E-state index contributed by atoms with van der Waals surface area (Å²) in [4.78, 5) is 14.6. The van der Waals surface area contributed by atoms with Gasteiger partial charge in [0, 0.05) is 6.42 Å². The van der Waals surface area contributed by atoms with E-state index in [0.717, 1.165) is 0 Å². The highest BCUT2D eigenvalue weighted by Crippen LogP contribution is 2.08. The summed E-state index contributed by atoms with van der Waals surface area (Å²) in [5.41, 5.74) is 5.57. The number of carbonyl (C=O) groups excluding carboxylic acids is 1. The number of amides is 1. The van der Waals surface area contributed by atoms with Crippen LogP contribution in [0.15, 0.2) is 4.42 Å². The number of hydrogen-bond donors (Lipinski definition) is 1. The highest BCUT2D eigenvalue weighted by atomic mass is 16.4. The van der Waals surface area contributed by atoms with Gasteiger partial charge in [0.1, 0.15) is 0 Å². The van der Waals surface area contributed by atoms with Crippen LogP contribution >= 0.6 is 0 Å². The number of rotatable bonds is 2. The summed E-state index contributed by atoms with van der Waals surface area (Å²) in [5, 5.41) is 0. The molecule has 0 spiro atoms. The first-order chi connectivity index (χ1) is 5.15. The fourth-order valence-corrected chi connectivity index (χ4v) is 0.832. The molecule has 2 N–H and O–H groups in total. The van der Waals surface area contributed by atoms with E-state index in [-0.39, 0.29) is 5.76 Å². The van der Waals surface area contributed by atoms with E-state index in [9.17, 15) is 4.79 Å². The molecule has 0 saturated heterocycles. The number of hydrogen-bond acceptors (Lipinski definition) is 3. The maximum absolute atomic E-state index is 10.6. The maximum Gasteiger partial charge on any atom is 0.286 e. The van der Waals surface area contributed by atoms with Crippen molar-refractivity contribution in [3.05, 3.63) is 17.3 Å². The smallest absolute Gasteiger partial charge is 0.286 e. The minimum Gasteiger partial charge on any atom is -0.435 e. The minimum atomic E-state index is -0.560. The molecule has 1 amide bonds. The molecule has 0 radical (unpaired) electrons. The first kappa shape index (κ1) is 7.78. The molecule has 0 aromatic carbocycles. The van der Waals surface area contributed by atoms with Crippen molar-refractivity contribution in [2.45, 2.75) is 20.3 Å². The van der Waals surface area contributed by atoms with Crippen LogP contribution < -0.4 is 5.73 Å². The number of nitrogens with zero attached hydrogens (tertiary/aromatic N) is 1. The monoisotopic (exact) mass is 154 g/mol. The Balaban J connectivity index is 3.07. The van der Waals surface area contributed by atoms with E-state index in [0.29, 0.717) is 18.0 Å². The lowest BCUT2D eigenvalue weighted by Crippen LogP contribution is -2.10. The van der Waals surface area contributed by atoms with Crippen LogP contribution in [0.4, 0.5) is 0 Å². The second-order valence-electron chi connectivity index (χ2n) is 2.24.